The number of hydrogen-bond acceptors (Lipinski definition) is 4. The zero-order chi connectivity index (χ0) is 17.6. The number of carbonyl (C=O) groups is 1. The molecule has 2 aliphatic heterocycles. The highest BCUT2D eigenvalue weighted by atomic mass is 19.1. The van der Waals surface area contributed by atoms with Crippen LogP contribution in [0, 0.1) is 5.82 Å². The van der Waals surface area contributed by atoms with Crippen molar-refractivity contribution in [3.05, 3.63) is 35.6 Å². The van der Waals surface area contributed by atoms with Crippen LogP contribution in [0.25, 0.3) is 0 Å². The zero-order valence-electron chi connectivity index (χ0n) is 15.0. The Morgan fingerprint density at radius 3 is 2.64 bits per heavy atom. The van der Waals surface area contributed by atoms with Gasteiger partial charge in [0, 0.05) is 44.8 Å². The minimum absolute atomic E-state index is 0.105. The predicted octanol–water partition coefficient (Wildman–Crippen LogP) is 1.58. The Labute approximate surface area is 149 Å². The average molecular weight is 349 g/mol. The van der Waals surface area contributed by atoms with E-state index >= 15 is 0 Å². The van der Waals surface area contributed by atoms with E-state index in [-0.39, 0.29) is 17.8 Å². The van der Waals surface area contributed by atoms with Crippen molar-refractivity contribution in [1.82, 2.24) is 14.7 Å². The molecule has 0 radical (unpaired) electrons. The second-order valence-electron chi connectivity index (χ2n) is 6.87. The third-order valence-corrected chi connectivity index (χ3v) is 5.20. The van der Waals surface area contributed by atoms with Crippen LogP contribution < -0.4 is 0 Å². The molecule has 1 aromatic rings. The Hall–Kier alpha value is -1.50. The molecule has 2 heterocycles. The summed E-state index contributed by atoms with van der Waals surface area (Å²) in [5.41, 5.74) is 0.744. The molecule has 0 aromatic heterocycles. The van der Waals surface area contributed by atoms with Crippen molar-refractivity contribution < 1.29 is 13.9 Å². The van der Waals surface area contributed by atoms with Crippen molar-refractivity contribution in [2.75, 3.05) is 52.5 Å². The van der Waals surface area contributed by atoms with Gasteiger partial charge in [0.1, 0.15) is 5.82 Å². The quantitative estimate of drug-likeness (QED) is 0.827. The molecule has 0 N–H and O–H groups in total. The van der Waals surface area contributed by atoms with E-state index in [1.54, 1.807) is 6.07 Å². The van der Waals surface area contributed by atoms with E-state index in [0.29, 0.717) is 32.8 Å². The fourth-order valence-electron chi connectivity index (χ4n) is 3.61. The Morgan fingerprint density at radius 2 is 1.88 bits per heavy atom. The molecule has 0 saturated carbocycles. The third kappa shape index (κ3) is 4.77. The van der Waals surface area contributed by atoms with Crippen molar-refractivity contribution >= 4 is 5.91 Å². The van der Waals surface area contributed by atoms with Crippen molar-refractivity contribution in [3.8, 4) is 0 Å². The molecule has 1 amide bonds. The molecular weight excluding hydrogens is 321 g/mol. The van der Waals surface area contributed by atoms with Gasteiger partial charge in [-0.2, -0.15) is 0 Å². The number of amides is 1. The van der Waals surface area contributed by atoms with Crippen LogP contribution in [0.4, 0.5) is 4.39 Å². The Kier molecular flexibility index (Phi) is 6.39. The number of benzene rings is 1. The first-order valence-electron chi connectivity index (χ1n) is 9.21. The summed E-state index contributed by atoms with van der Waals surface area (Å²) in [7, 11) is 0. The second-order valence-corrected chi connectivity index (χ2v) is 6.87. The maximum Gasteiger partial charge on any atom is 0.239 e. The first-order valence-corrected chi connectivity index (χ1v) is 9.21. The Morgan fingerprint density at radius 1 is 1.12 bits per heavy atom. The fourth-order valence-corrected chi connectivity index (χ4v) is 3.61. The smallest absolute Gasteiger partial charge is 0.239 e. The summed E-state index contributed by atoms with van der Waals surface area (Å²) in [4.78, 5) is 19.2. The largest absolute Gasteiger partial charge is 0.378 e. The maximum absolute atomic E-state index is 13.9. The minimum Gasteiger partial charge on any atom is -0.378 e. The number of morpholine rings is 1. The van der Waals surface area contributed by atoms with Gasteiger partial charge in [0.05, 0.1) is 19.3 Å². The van der Waals surface area contributed by atoms with Gasteiger partial charge in [0.25, 0.3) is 0 Å². The number of hydrogen-bond donors (Lipinski definition) is 0. The monoisotopic (exact) mass is 349 g/mol. The van der Waals surface area contributed by atoms with Crippen LogP contribution in [0.3, 0.4) is 0 Å². The first-order chi connectivity index (χ1) is 12.1. The minimum atomic E-state index is -0.139. The van der Waals surface area contributed by atoms with Gasteiger partial charge < -0.3 is 9.64 Å². The van der Waals surface area contributed by atoms with Crippen LogP contribution in [0.5, 0.6) is 0 Å². The van der Waals surface area contributed by atoms with Gasteiger partial charge in [0.2, 0.25) is 5.91 Å². The first kappa shape index (κ1) is 18.3. The van der Waals surface area contributed by atoms with Gasteiger partial charge in [-0.3, -0.25) is 14.6 Å². The lowest BCUT2D eigenvalue weighted by molar-refractivity contribution is -0.140. The summed E-state index contributed by atoms with van der Waals surface area (Å²) in [6.45, 7) is 8.82. The number of rotatable bonds is 4. The van der Waals surface area contributed by atoms with E-state index in [1.807, 2.05) is 24.0 Å². The highest BCUT2D eigenvalue weighted by Gasteiger charge is 2.28. The van der Waals surface area contributed by atoms with Gasteiger partial charge >= 0.3 is 0 Å². The van der Waals surface area contributed by atoms with Gasteiger partial charge in [-0.05, 0) is 26.0 Å². The summed E-state index contributed by atoms with van der Waals surface area (Å²) in [6, 6.07) is 6.87. The summed E-state index contributed by atoms with van der Waals surface area (Å²) in [6.07, 6.45) is 0.995. The molecular formula is C19H28FN3O2. The maximum atomic E-state index is 13.9. The number of nitrogens with zero attached hydrogens (tertiary/aromatic N) is 3. The molecule has 0 bridgehead atoms. The summed E-state index contributed by atoms with van der Waals surface area (Å²) >= 11 is 0. The van der Waals surface area contributed by atoms with E-state index in [1.165, 1.54) is 6.07 Å². The standard InChI is InChI=1S/C19H28FN3O2/c1-16(19(24)23-11-13-25-14-12-23)22-8-4-7-21(9-10-22)15-17-5-2-3-6-18(17)20/h2-3,5-6,16H,4,7-15H2,1H3. The van der Waals surface area contributed by atoms with Gasteiger partial charge in [-0.25, -0.2) is 4.39 Å². The number of halogens is 1. The fraction of sp³-hybridized carbons (Fsp3) is 0.632. The molecule has 6 heteroatoms. The van der Waals surface area contributed by atoms with E-state index in [2.05, 4.69) is 9.80 Å². The molecule has 25 heavy (non-hydrogen) atoms. The number of carbonyl (C=O) groups excluding carboxylic acids is 1. The summed E-state index contributed by atoms with van der Waals surface area (Å²) in [5.74, 6) is 0.0605. The molecule has 2 saturated heterocycles. The van der Waals surface area contributed by atoms with E-state index in [4.69, 9.17) is 4.74 Å². The molecule has 1 aromatic carbocycles. The molecule has 0 aliphatic carbocycles. The Bertz CT molecular complexity index is 578. The lowest BCUT2D eigenvalue weighted by Gasteiger charge is -2.34. The van der Waals surface area contributed by atoms with Crippen LogP contribution in [-0.2, 0) is 16.1 Å². The molecule has 1 unspecified atom stereocenters. The SMILES string of the molecule is CC(C(=O)N1CCOCC1)N1CCCN(Cc2ccccc2F)CC1. The number of ether oxygens (including phenoxy) is 1. The highest BCUT2D eigenvalue weighted by molar-refractivity contribution is 5.81. The lowest BCUT2D eigenvalue weighted by Crippen LogP contribution is -2.51. The van der Waals surface area contributed by atoms with Gasteiger partial charge in [-0.1, -0.05) is 18.2 Å². The van der Waals surface area contributed by atoms with Crippen LogP contribution in [0.2, 0.25) is 0 Å². The van der Waals surface area contributed by atoms with E-state index in [0.717, 1.165) is 38.2 Å². The molecule has 138 valence electrons. The zero-order valence-corrected chi connectivity index (χ0v) is 15.0. The normalized spacial score (nSPS) is 21.8. The van der Waals surface area contributed by atoms with Crippen LogP contribution >= 0.6 is 0 Å². The van der Waals surface area contributed by atoms with Crippen LogP contribution in [0.1, 0.15) is 18.9 Å². The third-order valence-electron chi connectivity index (χ3n) is 5.20. The van der Waals surface area contributed by atoms with Crippen molar-refractivity contribution in [2.24, 2.45) is 0 Å². The average Bonchev–Trinajstić information content (AvgIpc) is 2.89. The van der Waals surface area contributed by atoms with E-state index < -0.39 is 0 Å². The highest BCUT2D eigenvalue weighted by Crippen LogP contribution is 2.14. The summed E-state index contributed by atoms with van der Waals surface area (Å²) in [5, 5.41) is 0. The molecule has 3 rings (SSSR count). The molecule has 0 spiro atoms. The van der Waals surface area contributed by atoms with Crippen molar-refractivity contribution in [1.29, 1.82) is 0 Å². The second kappa shape index (κ2) is 8.74. The lowest BCUT2D eigenvalue weighted by atomic mass is 10.2. The van der Waals surface area contributed by atoms with Gasteiger partial charge in [-0.15, -0.1) is 0 Å². The molecule has 2 aliphatic rings. The summed E-state index contributed by atoms with van der Waals surface area (Å²) < 4.78 is 19.2. The predicted molar refractivity (Wildman–Crippen MR) is 94.7 cm³/mol. The van der Waals surface area contributed by atoms with Crippen molar-refractivity contribution in [3.63, 3.8) is 0 Å². The van der Waals surface area contributed by atoms with Crippen LogP contribution in [0.15, 0.2) is 24.3 Å². The van der Waals surface area contributed by atoms with Crippen molar-refractivity contribution in [2.45, 2.75) is 25.9 Å². The molecule has 5 nitrogen and oxygen atoms in total. The Balaban J connectivity index is 1.54. The molecule has 2 fully saturated rings. The molecule has 1 atom stereocenters. The van der Waals surface area contributed by atoms with E-state index in [9.17, 15) is 9.18 Å². The topological polar surface area (TPSA) is 36.0 Å². The van der Waals surface area contributed by atoms with Gasteiger partial charge in [0.15, 0.2) is 0 Å². The van der Waals surface area contributed by atoms with Crippen LogP contribution in [-0.4, -0.2) is 79.1 Å².